The van der Waals surface area contributed by atoms with E-state index in [2.05, 4.69) is 10.3 Å². The summed E-state index contributed by atoms with van der Waals surface area (Å²) in [6.07, 6.45) is 1.17. The maximum Gasteiger partial charge on any atom is 0.294 e. The topological polar surface area (TPSA) is 58.3 Å². The van der Waals surface area contributed by atoms with Gasteiger partial charge in [-0.3, -0.25) is 0 Å². The minimum atomic E-state index is -0.387. The van der Waals surface area contributed by atoms with Crippen LogP contribution in [0, 0.1) is 6.92 Å². The van der Waals surface area contributed by atoms with Crippen LogP contribution in [0.25, 0.3) is 0 Å². The number of oxazole rings is 1. The Kier molecular flexibility index (Phi) is 2.48. The predicted octanol–water partition coefficient (Wildman–Crippen LogP) is 0.776. The fourth-order valence-electron chi connectivity index (χ4n) is 0.670. The molecule has 0 bridgehead atoms. The predicted molar refractivity (Wildman–Crippen MR) is 41.4 cm³/mol. The normalized spacial score (nSPS) is 13.0. The molecule has 0 unspecified atom stereocenters. The van der Waals surface area contributed by atoms with E-state index >= 15 is 0 Å². The van der Waals surface area contributed by atoms with Crippen molar-refractivity contribution in [2.75, 3.05) is 11.9 Å². The minimum absolute atomic E-state index is 0.387. The number of aliphatic hydroxyl groups is 1. The van der Waals surface area contributed by atoms with Crippen molar-refractivity contribution in [3.05, 3.63) is 12.0 Å². The molecule has 0 saturated heterocycles. The van der Waals surface area contributed by atoms with Gasteiger partial charge in [0, 0.05) is 6.54 Å². The van der Waals surface area contributed by atoms with Crippen molar-refractivity contribution >= 4 is 6.01 Å². The van der Waals surface area contributed by atoms with Crippen LogP contribution in [0.4, 0.5) is 6.01 Å². The Hall–Kier alpha value is -1.03. The van der Waals surface area contributed by atoms with Gasteiger partial charge in [0.15, 0.2) is 0 Å². The summed E-state index contributed by atoms with van der Waals surface area (Å²) in [7, 11) is 0. The number of hydrogen-bond donors (Lipinski definition) is 2. The number of anilines is 1. The van der Waals surface area contributed by atoms with Crippen molar-refractivity contribution < 1.29 is 9.52 Å². The van der Waals surface area contributed by atoms with E-state index in [1.54, 1.807) is 13.2 Å². The molecule has 0 aromatic carbocycles. The van der Waals surface area contributed by atoms with Crippen LogP contribution in [0.5, 0.6) is 0 Å². The molecule has 0 fully saturated rings. The quantitative estimate of drug-likeness (QED) is 0.678. The molecular formula is C7H12N2O2. The number of aromatic nitrogens is 1. The molecule has 4 nitrogen and oxygen atoms in total. The molecule has 0 amide bonds. The number of nitrogens with one attached hydrogen (secondary N) is 1. The first kappa shape index (κ1) is 8.07. The lowest BCUT2D eigenvalue weighted by Gasteiger charge is -2.02. The molecule has 0 radical (unpaired) electrons. The molecule has 0 spiro atoms. The average Bonchev–Trinajstić information content (AvgIpc) is 2.31. The van der Waals surface area contributed by atoms with Crippen LogP contribution in [0.15, 0.2) is 10.7 Å². The number of rotatable bonds is 3. The van der Waals surface area contributed by atoms with Crippen molar-refractivity contribution in [3.8, 4) is 0 Å². The van der Waals surface area contributed by atoms with Gasteiger partial charge < -0.3 is 14.8 Å². The Bertz CT molecular complexity index is 220. The van der Waals surface area contributed by atoms with E-state index in [-0.39, 0.29) is 6.10 Å². The van der Waals surface area contributed by atoms with Crippen LogP contribution in [0.1, 0.15) is 12.6 Å². The van der Waals surface area contributed by atoms with E-state index in [4.69, 9.17) is 9.52 Å². The standard InChI is InChI=1S/C7H12N2O2/c1-5-4-11-7(9-5)8-3-6(2)10/h4,6,10H,3H2,1-2H3,(H,8,9)/t6-/m0/s1. The van der Waals surface area contributed by atoms with E-state index in [0.29, 0.717) is 12.6 Å². The van der Waals surface area contributed by atoms with Gasteiger partial charge in [0.05, 0.1) is 11.8 Å². The first-order chi connectivity index (χ1) is 5.18. The van der Waals surface area contributed by atoms with E-state index in [9.17, 15) is 0 Å². The van der Waals surface area contributed by atoms with Gasteiger partial charge in [-0.25, -0.2) is 0 Å². The molecular weight excluding hydrogens is 144 g/mol. The van der Waals surface area contributed by atoms with Gasteiger partial charge in [0.25, 0.3) is 6.01 Å². The van der Waals surface area contributed by atoms with Crippen molar-refractivity contribution in [1.29, 1.82) is 0 Å². The Morgan fingerprint density at radius 3 is 3.00 bits per heavy atom. The highest BCUT2D eigenvalue weighted by Crippen LogP contribution is 2.05. The summed E-state index contributed by atoms with van der Waals surface area (Å²) in [5.41, 5.74) is 0.832. The van der Waals surface area contributed by atoms with Gasteiger partial charge >= 0.3 is 0 Å². The molecule has 1 heterocycles. The molecule has 0 saturated carbocycles. The van der Waals surface area contributed by atoms with Crippen molar-refractivity contribution in [3.63, 3.8) is 0 Å². The highest BCUT2D eigenvalue weighted by atomic mass is 16.4. The lowest BCUT2D eigenvalue weighted by molar-refractivity contribution is 0.207. The maximum absolute atomic E-state index is 8.89. The number of aryl methyl sites for hydroxylation is 1. The lowest BCUT2D eigenvalue weighted by atomic mass is 10.4. The van der Waals surface area contributed by atoms with Gasteiger partial charge in [-0.1, -0.05) is 0 Å². The highest BCUT2D eigenvalue weighted by Gasteiger charge is 2.00. The molecule has 2 N–H and O–H groups in total. The zero-order chi connectivity index (χ0) is 8.27. The summed E-state index contributed by atoms with van der Waals surface area (Å²) in [5, 5.41) is 11.7. The molecule has 0 aliphatic rings. The molecule has 62 valence electrons. The van der Waals surface area contributed by atoms with Crippen LogP contribution in [0.2, 0.25) is 0 Å². The first-order valence-corrected chi connectivity index (χ1v) is 3.52. The van der Waals surface area contributed by atoms with Crippen LogP contribution < -0.4 is 5.32 Å². The van der Waals surface area contributed by atoms with E-state index < -0.39 is 0 Å². The van der Waals surface area contributed by atoms with Crippen molar-refractivity contribution in [2.45, 2.75) is 20.0 Å². The van der Waals surface area contributed by atoms with Gasteiger partial charge in [0.2, 0.25) is 0 Å². The fourth-order valence-corrected chi connectivity index (χ4v) is 0.670. The van der Waals surface area contributed by atoms with Gasteiger partial charge in [-0.2, -0.15) is 4.98 Å². The summed E-state index contributed by atoms with van der Waals surface area (Å²) in [6, 6.07) is 0.461. The third-order valence-corrected chi connectivity index (χ3v) is 1.17. The van der Waals surface area contributed by atoms with Crippen LogP contribution in [-0.4, -0.2) is 22.7 Å². The summed E-state index contributed by atoms with van der Waals surface area (Å²) < 4.78 is 4.98. The third-order valence-electron chi connectivity index (χ3n) is 1.17. The summed E-state index contributed by atoms with van der Waals surface area (Å²) in [6.45, 7) is 4.00. The Morgan fingerprint density at radius 2 is 2.55 bits per heavy atom. The monoisotopic (exact) mass is 156 g/mol. The molecule has 0 aliphatic heterocycles. The number of aliphatic hydroxyl groups excluding tert-OH is 1. The maximum atomic E-state index is 8.89. The zero-order valence-corrected chi connectivity index (χ0v) is 6.66. The second kappa shape index (κ2) is 3.39. The van der Waals surface area contributed by atoms with Crippen LogP contribution >= 0.6 is 0 Å². The number of nitrogens with zero attached hydrogens (tertiary/aromatic N) is 1. The minimum Gasteiger partial charge on any atom is -0.432 e. The lowest BCUT2D eigenvalue weighted by Crippen LogP contribution is -2.15. The third kappa shape index (κ3) is 2.59. The van der Waals surface area contributed by atoms with Gasteiger partial charge in [-0.05, 0) is 13.8 Å². The molecule has 1 aromatic heterocycles. The summed E-state index contributed by atoms with van der Waals surface area (Å²) in [5.74, 6) is 0. The molecule has 1 atom stereocenters. The molecule has 4 heteroatoms. The van der Waals surface area contributed by atoms with E-state index in [1.807, 2.05) is 6.92 Å². The zero-order valence-electron chi connectivity index (χ0n) is 6.66. The van der Waals surface area contributed by atoms with Crippen molar-refractivity contribution in [1.82, 2.24) is 4.98 Å². The summed E-state index contributed by atoms with van der Waals surface area (Å²) >= 11 is 0. The van der Waals surface area contributed by atoms with E-state index in [0.717, 1.165) is 5.69 Å². The Balaban J connectivity index is 2.39. The van der Waals surface area contributed by atoms with Crippen LogP contribution in [-0.2, 0) is 0 Å². The van der Waals surface area contributed by atoms with Gasteiger partial charge in [0.1, 0.15) is 6.26 Å². The Morgan fingerprint density at radius 1 is 1.82 bits per heavy atom. The second-order valence-electron chi connectivity index (χ2n) is 2.52. The fraction of sp³-hybridized carbons (Fsp3) is 0.571. The molecule has 0 aliphatic carbocycles. The largest absolute Gasteiger partial charge is 0.432 e. The molecule has 11 heavy (non-hydrogen) atoms. The molecule has 1 rings (SSSR count). The van der Waals surface area contributed by atoms with Gasteiger partial charge in [-0.15, -0.1) is 0 Å². The SMILES string of the molecule is Cc1coc(NC[C@H](C)O)n1. The summed E-state index contributed by atoms with van der Waals surface area (Å²) in [4.78, 5) is 3.99. The molecule has 1 aromatic rings. The Labute approximate surface area is 65.2 Å². The van der Waals surface area contributed by atoms with E-state index in [1.165, 1.54) is 0 Å². The first-order valence-electron chi connectivity index (χ1n) is 3.52. The average molecular weight is 156 g/mol. The van der Waals surface area contributed by atoms with Crippen LogP contribution in [0.3, 0.4) is 0 Å². The van der Waals surface area contributed by atoms with Crippen molar-refractivity contribution in [2.24, 2.45) is 0 Å². The highest BCUT2D eigenvalue weighted by molar-refractivity contribution is 5.20. The smallest absolute Gasteiger partial charge is 0.294 e. The number of hydrogen-bond acceptors (Lipinski definition) is 4. The second-order valence-corrected chi connectivity index (χ2v) is 2.52.